The standard InChI is InChI=1S/C15H21NO4S/c1-2-11-16(13-6-7-13)21(19,20)14-8-3-12(4-9-14)5-10-15(17)18/h3-4,8-9,13H,2,5-7,10-11H2,1H3,(H,17,18). The molecule has 0 amide bonds. The Balaban J connectivity index is 2.14. The predicted octanol–water partition coefficient (Wildman–Crippen LogP) is 2.27. The first kappa shape index (κ1) is 16.0. The molecule has 1 aliphatic rings. The zero-order valence-electron chi connectivity index (χ0n) is 12.2. The van der Waals surface area contributed by atoms with Gasteiger partial charge in [-0.2, -0.15) is 4.31 Å². The second-order valence-corrected chi connectivity index (χ2v) is 7.28. The van der Waals surface area contributed by atoms with Crippen molar-refractivity contribution >= 4 is 16.0 Å². The van der Waals surface area contributed by atoms with E-state index < -0.39 is 16.0 Å². The van der Waals surface area contributed by atoms with E-state index in [0.717, 1.165) is 24.8 Å². The third kappa shape index (κ3) is 4.04. The van der Waals surface area contributed by atoms with Gasteiger partial charge in [0.1, 0.15) is 0 Å². The van der Waals surface area contributed by atoms with Gasteiger partial charge >= 0.3 is 5.97 Å². The van der Waals surface area contributed by atoms with E-state index in [1.54, 1.807) is 28.6 Å². The SMILES string of the molecule is CCCN(C1CC1)S(=O)(=O)c1ccc(CCC(=O)O)cc1. The number of sulfonamides is 1. The average molecular weight is 311 g/mol. The molecule has 1 aromatic rings. The van der Waals surface area contributed by atoms with Crippen molar-refractivity contribution in [3.63, 3.8) is 0 Å². The van der Waals surface area contributed by atoms with Gasteiger partial charge in [0.05, 0.1) is 4.90 Å². The van der Waals surface area contributed by atoms with E-state index in [4.69, 9.17) is 5.11 Å². The molecule has 0 spiro atoms. The maximum Gasteiger partial charge on any atom is 0.303 e. The Morgan fingerprint density at radius 2 is 1.90 bits per heavy atom. The minimum atomic E-state index is -3.43. The number of nitrogens with zero attached hydrogens (tertiary/aromatic N) is 1. The molecule has 21 heavy (non-hydrogen) atoms. The Bertz CT molecular complexity index is 591. The molecule has 1 N–H and O–H groups in total. The molecule has 0 atom stereocenters. The average Bonchev–Trinajstić information content (AvgIpc) is 3.27. The monoisotopic (exact) mass is 311 g/mol. The van der Waals surface area contributed by atoms with Crippen LogP contribution in [0.2, 0.25) is 0 Å². The molecule has 0 bridgehead atoms. The maximum atomic E-state index is 12.6. The molecular weight excluding hydrogens is 290 g/mol. The van der Waals surface area contributed by atoms with E-state index in [1.165, 1.54) is 0 Å². The Labute approximate surface area is 125 Å². The Kier molecular flexibility index (Phi) is 5.00. The number of hydrogen-bond donors (Lipinski definition) is 1. The van der Waals surface area contributed by atoms with Gasteiger partial charge in [0.15, 0.2) is 0 Å². The quantitative estimate of drug-likeness (QED) is 0.799. The van der Waals surface area contributed by atoms with Crippen molar-refractivity contribution in [1.82, 2.24) is 4.31 Å². The highest BCUT2D eigenvalue weighted by molar-refractivity contribution is 7.89. The van der Waals surface area contributed by atoms with Crippen molar-refractivity contribution in [2.24, 2.45) is 0 Å². The van der Waals surface area contributed by atoms with E-state index in [1.807, 2.05) is 6.92 Å². The van der Waals surface area contributed by atoms with Crippen LogP contribution in [0.1, 0.15) is 38.2 Å². The summed E-state index contributed by atoms with van der Waals surface area (Å²) in [5.41, 5.74) is 0.838. The summed E-state index contributed by atoms with van der Waals surface area (Å²) in [5, 5.41) is 8.66. The summed E-state index contributed by atoms with van der Waals surface area (Å²) in [5.74, 6) is -0.852. The second-order valence-electron chi connectivity index (χ2n) is 5.38. The number of aryl methyl sites for hydroxylation is 1. The van der Waals surface area contributed by atoms with Crippen LogP contribution in [0.4, 0.5) is 0 Å². The molecule has 116 valence electrons. The fraction of sp³-hybridized carbons (Fsp3) is 0.533. The Morgan fingerprint density at radius 1 is 1.29 bits per heavy atom. The highest BCUT2D eigenvalue weighted by atomic mass is 32.2. The lowest BCUT2D eigenvalue weighted by Gasteiger charge is -2.21. The van der Waals surface area contributed by atoms with Crippen molar-refractivity contribution < 1.29 is 18.3 Å². The third-order valence-corrected chi connectivity index (χ3v) is 5.52. The van der Waals surface area contributed by atoms with Crippen molar-refractivity contribution in [2.45, 2.75) is 50.0 Å². The van der Waals surface area contributed by atoms with Crippen LogP contribution in [0, 0.1) is 0 Å². The van der Waals surface area contributed by atoms with Crippen LogP contribution < -0.4 is 0 Å². The Hall–Kier alpha value is -1.40. The van der Waals surface area contributed by atoms with Crippen LogP contribution in [-0.2, 0) is 21.2 Å². The van der Waals surface area contributed by atoms with Crippen LogP contribution in [0.15, 0.2) is 29.2 Å². The number of hydrogen-bond acceptors (Lipinski definition) is 3. The largest absolute Gasteiger partial charge is 0.481 e. The fourth-order valence-corrected chi connectivity index (χ4v) is 4.07. The zero-order valence-corrected chi connectivity index (χ0v) is 13.0. The molecule has 2 rings (SSSR count). The van der Waals surface area contributed by atoms with Crippen LogP contribution in [0.5, 0.6) is 0 Å². The van der Waals surface area contributed by atoms with Crippen LogP contribution in [0.3, 0.4) is 0 Å². The summed E-state index contributed by atoms with van der Waals surface area (Å²) in [6.07, 6.45) is 3.14. The smallest absolute Gasteiger partial charge is 0.303 e. The second kappa shape index (κ2) is 6.58. The first-order valence-corrected chi connectivity index (χ1v) is 8.71. The summed E-state index contributed by atoms with van der Waals surface area (Å²) in [4.78, 5) is 10.8. The summed E-state index contributed by atoms with van der Waals surface area (Å²) in [7, 11) is -3.43. The number of carbonyl (C=O) groups is 1. The minimum Gasteiger partial charge on any atom is -0.481 e. The minimum absolute atomic E-state index is 0.0517. The number of rotatable bonds is 8. The lowest BCUT2D eigenvalue weighted by molar-refractivity contribution is -0.136. The number of carboxylic acid groups (broad SMARTS) is 1. The molecular formula is C15H21NO4S. The Morgan fingerprint density at radius 3 is 2.38 bits per heavy atom. The summed E-state index contributed by atoms with van der Waals surface area (Å²) >= 11 is 0. The van der Waals surface area contributed by atoms with E-state index in [9.17, 15) is 13.2 Å². The molecule has 0 heterocycles. The fourth-order valence-electron chi connectivity index (χ4n) is 2.30. The lowest BCUT2D eigenvalue weighted by Crippen LogP contribution is -2.33. The number of benzene rings is 1. The lowest BCUT2D eigenvalue weighted by atomic mass is 10.1. The van der Waals surface area contributed by atoms with Crippen LogP contribution in [0.25, 0.3) is 0 Å². The van der Waals surface area contributed by atoms with Crippen LogP contribution >= 0.6 is 0 Å². The number of carboxylic acids is 1. The number of aliphatic carboxylic acids is 1. The summed E-state index contributed by atoms with van der Waals surface area (Å²) in [6, 6.07) is 6.72. The normalized spacial score (nSPS) is 15.3. The van der Waals surface area contributed by atoms with Gasteiger partial charge in [0.2, 0.25) is 10.0 Å². The van der Waals surface area contributed by atoms with Crippen molar-refractivity contribution in [3.05, 3.63) is 29.8 Å². The summed E-state index contributed by atoms with van der Waals surface area (Å²) in [6.45, 7) is 2.52. The molecule has 0 saturated heterocycles. The molecule has 1 aliphatic carbocycles. The van der Waals surface area contributed by atoms with E-state index >= 15 is 0 Å². The summed E-state index contributed by atoms with van der Waals surface area (Å²) < 4.78 is 26.8. The van der Waals surface area contributed by atoms with Crippen molar-refractivity contribution in [3.8, 4) is 0 Å². The van der Waals surface area contributed by atoms with Gasteiger partial charge in [-0.15, -0.1) is 0 Å². The van der Waals surface area contributed by atoms with Gasteiger partial charge < -0.3 is 5.11 Å². The molecule has 6 heteroatoms. The molecule has 1 fully saturated rings. The van der Waals surface area contributed by atoms with Gasteiger partial charge in [-0.25, -0.2) is 8.42 Å². The van der Waals surface area contributed by atoms with Gasteiger partial charge in [0.25, 0.3) is 0 Å². The molecule has 0 radical (unpaired) electrons. The molecule has 1 aromatic carbocycles. The zero-order chi connectivity index (χ0) is 15.5. The molecule has 0 aliphatic heterocycles. The topological polar surface area (TPSA) is 74.7 Å². The van der Waals surface area contributed by atoms with Crippen LogP contribution in [-0.4, -0.2) is 36.4 Å². The maximum absolute atomic E-state index is 12.6. The van der Waals surface area contributed by atoms with E-state index in [2.05, 4.69) is 0 Å². The van der Waals surface area contributed by atoms with E-state index in [-0.39, 0.29) is 12.5 Å². The van der Waals surface area contributed by atoms with Gasteiger partial charge in [0, 0.05) is 19.0 Å². The van der Waals surface area contributed by atoms with Crippen molar-refractivity contribution in [1.29, 1.82) is 0 Å². The highest BCUT2D eigenvalue weighted by Crippen LogP contribution is 2.32. The molecule has 0 aromatic heterocycles. The molecule has 0 unspecified atom stereocenters. The van der Waals surface area contributed by atoms with E-state index in [0.29, 0.717) is 17.9 Å². The third-order valence-electron chi connectivity index (χ3n) is 3.56. The van der Waals surface area contributed by atoms with Gasteiger partial charge in [-0.05, 0) is 43.4 Å². The predicted molar refractivity (Wildman–Crippen MR) is 79.6 cm³/mol. The molecule has 1 saturated carbocycles. The van der Waals surface area contributed by atoms with Gasteiger partial charge in [-0.3, -0.25) is 4.79 Å². The highest BCUT2D eigenvalue weighted by Gasteiger charge is 2.37. The van der Waals surface area contributed by atoms with Gasteiger partial charge in [-0.1, -0.05) is 19.1 Å². The van der Waals surface area contributed by atoms with Crippen molar-refractivity contribution in [2.75, 3.05) is 6.54 Å². The first-order valence-electron chi connectivity index (χ1n) is 7.27. The molecule has 5 nitrogen and oxygen atoms in total. The first-order chi connectivity index (χ1) is 9.95.